The van der Waals surface area contributed by atoms with Crippen LogP contribution >= 0.6 is 11.8 Å². The molecule has 0 radical (unpaired) electrons. The molecule has 1 rings (SSSR count). The van der Waals surface area contributed by atoms with E-state index >= 15 is 0 Å². The summed E-state index contributed by atoms with van der Waals surface area (Å²) in [5.41, 5.74) is -5.82. The van der Waals surface area contributed by atoms with Gasteiger partial charge in [0.15, 0.2) is 0 Å². The van der Waals surface area contributed by atoms with Crippen LogP contribution in [0.2, 0.25) is 0 Å². The maximum absolute atomic E-state index is 11.8. The zero-order valence-corrected chi connectivity index (χ0v) is 8.95. The molecule has 1 aliphatic rings. The molecule has 1 aliphatic carbocycles. The molecule has 0 atom stereocenters. The van der Waals surface area contributed by atoms with Gasteiger partial charge in [-0.3, -0.25) is 4.79 Å². The molecule has 0 bridgehead atoms. The zero-order valence-electron chi connectivity index (χ0n) is 8.13. The van der Waals surface area contributed by atoms with Crippen molar-refractivity contribution in [3.05, 3.63) is 0 Å². The van der Waals surface area contributed by atoms with Crippen LogP contribution in [-0.4, -0.2) is 33.8 Å². The summed E-state index contributed by atoms with van der Waals surface area (Å²) in [7, 11) is 0. The van der Waals surface area contributed by atoms with Gasteiger partial charge in [-0.25, -0.2) is 4.79 Å². The molecule has 0 aliphatic heterocycles. The lowest BCUT2D eigenvalue weighted by molar-refractivity contribution is -0.151. The van der Waals surface area contributed by atoms with Crippen LogP contribution in [0.4, 0.5) is 13.2 Å². The number of carboxylic acid groups (broad SMARTS) is 1. The van der Waals surface area contributed by atoms with Gasteiger partial charge in [0.2, 0.25) is 5.91 Å². The topological polar surface area (TPSA) is 66.4 Å². The fraction of sp³-hybridized carbons (Fsp3) is 0.750. The van der Waals surface area contributed by atoms with Crippen molar-refractivity contribution in [3.63, 3.8) is 0 Å². The standard InChI is InChI=1S/C8H10F3NO3S/c9-8(10,11)16-4-5(13)12-7(6(14)15)2-1-3-7/h1-4H2,(H,12,13)(H,14,15). The van der Waals surface area contributed by atoms with Crippen LogP contribution in [0.25, 0.3) is 0 Å². The minimum atomic E-state index is -4.48. The minimum absolute atomic E-state index is 0.269. The summed E-state index contributed by atoms with van der Waals surface area (Å²) in [4.78, 5) is 21.9. The molecule has 1 amide bonds. The molecule has 8 heteroatoms. The van der Waals surface area contributed by atoms with Gasteiger partial charge in [0, 0.05) is 0 Å². The van der Waals surface area contributed by atoms with Crippen molar-refractivity contribution in [2.45, 2.75) is 30.3 Å². The van der Waals surface area contributed by atoms with Crippen molar-refractivity contribution >= 4 is 23.6 Å². The third-order valence-corrected chi connectivity index (χ3v) is 3.10. The third-order valence-electron chi connectivity index (χ3n) is 2.36. The number of thioether (sulfide) groups is 1. The predicted octanol–water partition coefficient (Wildman–Crippen LogP) is 1.36. The summed E-state index contributed by atoms with van der Waals surface area (Å²) in [5, 5.41) is 11.0. The zero-order chi connectivity index (χ0) is 12.4. The quantitative estimate of drug-likeness (QED) is 0.798. The molecule has 0 aromatic carbocycles. The van der Waals surface area contributed by atoms with E-state index in [9.17, 15) is 22.8 Å². The summed E-state index contributed by atoms with van der Waals surface area (Å²) in [6.07, 6.45) is 1.19. The number of aliphatic carboxylic acids is 1. The maximum Gasteiger partial charge on any atom is 0.442 e. The third kappa shape index (κ3) is 3.29. The number of hydrogen-bond donors (Lipinski definition) is 2. The molecule has 0 spiro atoms. The van der Waals surface area contributed by atoms with Crippen LogP contribution in [0.1, 0.15) is 19.3 Å². The van der Waals surface area contributed by atoms with Crippen molar-refractivity contribution in [2.24, 2.45) is 0 Å². The number of carboxylic acids is 1. The predicted molar refractivity (Wildman–Crippen MR) is 50.9 cm³/mol. The molecule has 92 valence electrons. The summed E-state index contributed by atoms with van der Waals surface area (Å²) in [6, 6.07) is 0. The van der Waals surface area contributed by atoms with Gasteiger partial charge in [-0.05, 0) is 31.0 Å². The lowest BCUT2D eigenvalue weighted by Gasteiger charge is -2.38. The molecule has 0 heterocycles. The van der Waals surface area contributed by atoms with Gasteiger partial charge in [-0.15, -0.1) is 0 Å². The van der Waals surface area contributed by atoms with E-state index in [1.807, 2.05) is 0 Å². The van der Waals surface area contributed by atoms with Crippen LogP contribution in [0, 0.1) is 0 Å². The number of alkyl halides is 3. The van der Waals surface area contributed by atoms with E-state index in [1.165, 1.54) is 0 Å². The molecule has 2 N–H and O–H groups in total. The van der Waals surface area contributed by atoms with Crippen LogP contribution < -0.4 is 5.32 Å². The fourth-order valence-corrected chi connectivity index (χ4v) is 1.74. The van der Waals surface area contributed by atoms with Crippen molar-refractivity contribution in [1.82, 2.24) is 5.32 Å². The van der Waals surface area contributed by atoms with E-state index in [4.69, 9.17) is 5.11 Å². The van der Waals surface area contributed by atoms with Crippen LogP contribution in [-0.2, 0) is 9.59 Å². The van der Waals surface area contributed by atoms with Crippen molar-refractivity contribution < 1.29 is 27.9 Å². The molecular weight excluding hydrogens is 247 g/mol. The Hall–Kier alpha value is -0.920. The van der Waals surface area contributed by atoms with Crippen molar-refractivity contribution in [2.75, 3.05) is 5.75 Å². The molecule has 0 aromatic rings. The molecule has 0 saturated heterocycles. The number of halogens is 3. The first-order valence-electron chi connectivity index (χ1n) is 4.50. The van der Waals surface area contributed by atoms with Crippen molar-refractivity contribution in [1.29, 1.82) is 0 Å². The second-order valence-corrected chi connectivity index (χ2v) is 4.56. The number of nitrogens with one attached hydrogen (secondary N) is 1. The lowest BCUT2D eigenvalue weighted by atomic mass is 9.77. The van der Waals surface area contributed by atoms with Gasteiger partial charge in [0.1, 0.15) is 5.54 Å². The van der Waals surface area contributed by atoms with E-state index in [-0.39, 0.29) is 12.8 Å². The average molecular weight is 257 g/mol. The van der Waals surface area contributed by atoms with Gasteiger partial charge in [0.05, 0.1) is 5.75 Å². The highest BCUT2D eigenvalue weighted by Crippen LogP contribution is 2.33. The molecule has 1 saturated carbocycles. The van der Waals surface area contributed by atoms with Crippen LogP contribution in [0.5, 0.6) is 0 Å². The number of amides is 1. The van der Waals surface area contributed by atoms with Gasteiger partial charge < -0.3 is 10.4 Å². The molecule has 0 aromatic heterocycles. The van der Waals surface area contributed by atoms with E-state index < -0.39 is 40.4 Å². The van der Waals surface area contributed by atoms with Crippen molar-refractivity contribution in [3.8, 4) is 0 Å². The first-order valence-corrected chi connectivity index (χ1v) is 5.49. The number of carbonyl (C=O) groups excluding carboxylic acids is 1. The SMILES string of the molecule is O=C(CSC(F)(F)F)NC1(C(=O)O)CCC1. The summed E-state index contributed by atoms with van der Waals surface area (Å²) in [5.74, 6) is -2.90. The van der Waals surface area contributed by atoms with Gasteiger partial charge in [-0.2, -0.15) is 13.2 Å². The second kappa shape index (κ2) is 4.52. The highest BCUT2D eigenvalue weighted by molar-refractivity contribution is 8.00. The Balaban J connectivity index is 2.42. The summed E-state index contributed by atoms with van der Waals surface area (Å²) < 4.78 is 35.3. The first-order chi connectivity index (χ1) is 7.25. The molecule has 4 nitrogen and oxygen atoms in total. The Kier molecular flexibility index (Phi) is 3.72. The second-order valence-electron chi connectivity index (χ2n) is 3.52. The number of rotatable bonds is 4. The first kappa shape index (κ1) is 13.1. The van der Waals surface area contributed by atoms with Crippen LogP contribution in [0.3, 0.4) is 0 Å². The Morgan fingerprint density at radius 3 is 2.25 bits per heavy atom. The highest BCUT2D eigenvalue weighted by Gasteiger charge is 2.45. The minimum Gasteiger partial charge on any atom is -0.480 e. The molecule has 16 heavy (non-hydrogen) atoms. The van der Waals surface area contributed by atoms with Crippen LogP contribution in [0.15, 0.2) is 0 Å². The Labute approximate surface area is 93.6 Å². The number of hydrogen-bond acceptors (Lipinski definition) is 3. The average Bonchev–Trinajstić information content (AvgIpc) is 2.06. The normalized spacial score (nSPS) is 18.7. The Morgan fingerprint density at radius 1 is 1.38 bits per heavy atom. The fourth-order valence-electron chi connectivity index (χ4n) is 1.37. The largest absolute Gasteiger partial charge is 0.480 e. The summed E-state index contributed by atoms with van der Waals surface area (Å²) in [6.45, 7) is 0. The Bertz CT molecular complexity index is 301. The van der Waals surface area contributed by atoms with E-state index in [1.54, 1.807) is 0 Å². The smallest absolute Gasteiger partial charge is 0.442 e. The summed E-state index contributed by atoms with van der Waals surface area (Å²) >= 11 is -0.476. The molecule has 0 unspecified atom stereocenters. The lowest BCUT2D eigenvalue weighted by Crippen LogP contribution is -2.59. The molecular formula is C8H10F3NO3S. The monoisotopic (exact) mass is 257 g/mol. The number of carbonyl (C=O) groups is 2. The van der Waals surface area contributed by atoms with Gasteiger partial charge in [-0.1, -0.05) is 0 Å². The Morgan fingerprint density at radius 2 is 1.94 bits per heavy atom. The maximum atomic E-state index is 11.8. The van der Waals surface area contributed by atoms with E-state index in [0.717, 1.165) is 0 Å². The highest BCUT2D eigenvalue weighted by atomic mass is 32.2. The van der Waals surface area contributed by atoms with Gasteiger partial charge in [0.25, 0.3) is 0 Å². The van der Waals surface area contributed by atoms with E-state index in [0.29, 0.717) is 6.42 Å². The molecule has 1 fully saturated rings. The van der Waals surface area contributed by atoms with E-state index in [2.05, 4.69) is 5.32 Å². The van der Waals surface area contributed by atoms with Gasteiger partial charge >= 0.3 is 11.5 Å².